The molecule has 2 rings (SSSR count). The number of rotatable bonds is 19. The Morgan fingerprint density at radius 2 is 1.16 bits per heavy atom. The van der Waals surface area contributed by atoms with Gasteiger partial charge in [-0.15, -0.1) is 0 Å². The number of unbranched alkanes of at least 4 members (excludes halogenated alkanes) is 11. The van der Waals surface area contributed by atoms with Crippen molar-refractivity contribution >= 4 is 12.4 Å². The van der Waals surface area contributed by atoms with Gasteiger partial charge in [0.05, 0.1) is 5.92 Å². The average Bonchev–Trinajstić information content (AvgIpc) is 3.32. The second-order valence-electron chi connectivity index (χ2n) is 9.44. The molecule has 31 heavy (non-hydrogen) atoms. The highest BCUT2D eigenvalue weighted by Crippen LogP contribution is 2.36. The van der Waals surface area contributed by atoms with Gasteiger partial charge in [0.25, 0.3) is 0 Å². The third-order valence-electron chi connectivity index (χ3n) is 6.77. The second kappa shape index (κ2) is 17.0. The Morgan fingerprint density at radius 3 is 1.77 bits per heavy atom. The zero-order valence-corrected chi connectivity index (χ0v) is 20.4. The fraction of sp³-hybridized carbons (Fsp3) is 0.690. The van der Waals surface area contributed by atoms with Crippen molar-refractivity contribution in [1.82, 2.24) is 0 Å². The van der Waals surface area contributed by atoms with Crippen LogP contribution in [0.1, 0.15) is 116 Å². The van der Waals surface area contributed by atoms with Crippen molar-refractivity contribution in [3.05, 3.63) is 42.1 Å². The standard InChI is InChI=1S/C29H47N2/c1-3-5-7-8-9-10-11-12-13-18-22-28(29-30-23-24-31-29)27(21-15-6-4-2)25-26-19-16-14-17-20-26/h14,16-17,19-20,23-24,27-28H,3-13,15,18,21-22,25H2,1-2H3/q+1. The van der Waals surface area contributed by atoms with Crippen molar-refractivity contribution in [2.75, 3.05) is 0 Å². The van der Waals surface area contributed by atoms with Gasteiger partial charge in [-0.2, -0.15) is 0 Å². The van der Waals surface area contributed by atoms with Crippen molar-refractivity contribution in [1.29, 1.82) is 0 Å². The SMILES string of the molecule is CCCCCCCCCCCCC([C+]1N=CC=N1)C(CCCCC)Cc1ccccc1. The minimum absolute atomic E-state index is 0.501. The summed E-state index contributed by atoms with van der Waals surface area (Å²) in [5, 5.41) is 0. The van der Waals surface area contributed by atoms with Crippen LogP contribution in [0.25, 0.3) is 0 Å². The zero-order valence-electron chi connectivity index (χ0n) is 20.4. The predicted octanol–water partition coefficient (Wildman–Crippen LogP) is 9.00. The number of nitrogens with zero attached hydrogens (tertiary/aromatic N) is 2. The second-order valence-corrected chi connectivity index (χ2v) is 9.44. The van der Waals surface area contributed by atoms with Gasteiger partial charge in [0.2, 0.25) is 6.17 Å². The lowest BCUT2D eigenvalue weighted by atomic mass is 9.78. The van der Waals surface area contributed by atoms with E-state index in [-0.39, 0.29) is 0 Å². The number of hydrogen-bond acceptors (Lipinski definition) is 2. The topological polar surface area (TPSA) is 24.7 Å². The molecule has 0 radical (unpaired) electrons. The van der Waals surface area contributed by atoms with Crippen LogP contribution >= 0.6 is 0 Å². The van der Waals surface area contributed by atoms with Gasteiger partial charge in [-0.25, -0.2) is 0 Å². The molecule has 2 atom stereocenters. The van der Waals surface area contributed by atoms with Gasteiger partial charge in [0.15, 0.2) is 12.4 Å². The predicted molar refractivity (Wildman–Crippen MR) is 138 cm³/mol. The molecule has 2 nitrogen and oxygen atoms in total. The van der Waals surface area contributed by atoms with E-state index >= 15 is 0 Å². The van der Waals surface area contributed by atoms with E-state index in [9.17, 15) is 0 Å². The Balaban J connectivity index is 1.81. The number of hydrogen-bond donors (Lipinski definition) is 0. The smallest absolute Gasteiger partial charge is 0.0965 e. The number of aliphatic imine (C=N–C) groups is 2. The molecule has 0 saturated carbocycles. The third-order valence-corrected chi connectivity index (χ3v) is 6.77. The van der Waals surface area contributed by atoms with Crippen LogP contribution in [0.15, 0.2) is 40.3 Å². The van der Waals surface area contributed by atoms with Gasteiger partial charge in [-0.05, 0) is 30.7 Å². The molecule has 0 aliphatic carbocycles. The highest BCUT2D eigenvalue weighted by Gasteiger charge is 2.35. The summed E-state index contributed by atoms with van der Waals surface area (Å²) < 4.78 is 0. The molecule has 2 unspecified atom stereocenters. The number of benzene rings is 1. The summed E-state index contributed by atoms with van der Waals surface area (Å²) in [6, 6.07) is 11.0. The molecular formula is C29H47N2+. The third kappa shape index (κ3) is 11.0. The minimum Gasteiger partial charge on any atom is -0.0965 e. The summed E-state index contributed by atoms with van der Waals surface area (Å²) >= 11 is 0. The molecule has 1 aromatic rings. The van der Waals surface area contributed by atoms with Gasteiger partial charge in [-0.1, -0.05) is 138 Å². The highest BCUT2D eigenvalue weighted by molar-refractivity contribution is 6.18. The molecule has 0 fully saturated rings. The summed E-state index contributed by atoms with van der Waals surface area (Å²) in [6.07, 6.45) is 26.4. The summed E-state index contributed by atoms with van der Waals surface area (Å²) in [5.74, 6) is 1.15. The van der Waals surface area contributed by atoms with Gasteiger partial charge < -0.3 is 0 Å². The van der Waals surface area contributed by atoms with Crippen LogP contribution in [0, 0.1) is 18.0 Å². The lowest BCUT2D eigenvalue weighted by Gasteiger charge is -2.26. The van der Waals surface area contributed by atoms with E-state index in [2.05, 4.69) is 54.2 Å². The largest absolute Gasteiger partial charge is 0.244 e. The Kier molecular flexibility index (Phi) is 14.1. The van der Waals surface area contributed by atoms with Crippen molar-refractivity contribution in [2.24, 2.45) is 21.8 Å². The quantitative estimate of drug-likeness (QED) is 0.157. The normalized spacial score (nSPS) is 15.0. The van der Waals surface area contributed by atoms with E-state index in [0.717, 1.165) is 12.6 Å². The van der Waals surface area contributed by atoms with Crippen LogP contribution in [0.4, 0.5) is 0 Å². The first-order valence-electron chi connectivity index (χ1n) is 13.3. The van der Waals surface area contributed by atoms with Crippen LogP contribution in [-0.4, -0.2) is 12.4 Å². The highest BCUT2D eigenvalue weighted by atomic mass is 15.0. The van der Waals surface area contributed by atoms with E-state index < -0.39 is 0 Å². The maximum atomic E-state index is 4.66. The molecule has 1 heterocycles. The van der Waals surface area contributed by atoms with E-state index in [0.29, 0.717) is 11.8 Å². The molecule has 172 valence electrons. The minimum atomic E-state index is 0.501. The van der Waals surface area contributed by atoms with Crippen molar-refractivity contribution in [3.63, 3.8) is 0 Å². The fourth-order valence-electron chi connectivity index (χ4n) is 4.89. The Labute approximate surface area is 193 Å². The summed E-state index contributed by atoms with van der Waals surface area (Å²) in [7, 11) is 0. The summed E-state index contributed by atoms with van der Waals surface area (Å²) in [4.78, 5) is 9.32. The molecule has 0 saturated heterocycles. The van der Waals surface area contributed by atoms with Gasteiger partial charge >= 0.3 is 0 Å². The molecule has 0 N–H and O–H groups in total. The molecule has 1 aromatic carbocycles. The zero-order chi connectivity index (χ0) is 22.0. The Hall–Kier alpha value is -1.57. The average molecular weight is 424 g/mol. The van der Waals surface area contributed by atoms with Crippen molar-refractivity contribution < 1.29 is 0 Å². The molecule has 0 amide bonds. The first kappa shape index (κ1) is 25.7. The van der Waals surface area contributed by atoms with Crippen LogP contribution in [0.5, 0.6) is 0 Å². The van der Waals surface area contributed by atoms with E-state index in [1.807, 2.05) is 12.4 Å². The Bertz CT molecular complexity index is 580. The van der Waals surface area contributed by atoms with Crippen molar-refractivity contribution in [3.8, 4) is 0 Å². The molecule has 0 aromatic heterocycles. The lowest BCUT2D eigenvalue weighted by Crippen LogP contribution is -2.22. The van der Waals surface area contributed by atoms with Crippen LogP contribution in [0.2, 0.25) is 0 Å². The van der Waals surface area contributed by atoms with Crippen LogP contribution in [-0.2, 0) is 6.42 Å². The first-order chi connectivity index (χ1) is 15.3. The molecular weight excluding hydrogens is 376 g/mol. The van der Waals surface area contributed by atoms with Crippen LogP contribution < -0.4 is 0 Å². The molecule has 2 heteroatoms. The lowest BCUT2D eigenvalue weighted by molar-refractivity contribution is 0.284. The monoisotopic (exact) mass is 423 g/mol. The molecule has 1 aliphatic rings. The molecule has 0 spiro atoms. The molecule has 0 bridgehead atoms. The van der Waals surface area contributed by atoms with E-state index in [1.54, 1.807) is 0 Å². The van der Waals surface area contributed by atoms with Crippen LogP contribution in [0.3, 0.4) is 0 Å². The Morgan fingerprint density at radius 1 is 0.645 bits per heavy atom. The maximum Gasteiger partial charge on any atom is 0.244 e. The fourth-order valence-corrected chi connectivity index (χ4v) is 4.89. The van der Waals surface area contributed by atoms with Crippen molar-refractivity contribution in [2.45, 2.75) is 117 Å². The van der Waals surface area contributed by atoms with E-state index in [4.69, 9.17) is 0 Å². The van der Waals surface area contributed by atoms with Gasteiger partial charge in [0.1, 0.15) is 0 Å². The van der Waals surface area contributed by atoms with Gasteiger partial charge in [-0.3, -0.25) is 0 Å². The maximum absolute atomic E-state index is 4.66. The molecule has 1 aliphatic heterocycles. The van der Waals surface area contributed by atoms with Gasteiger partial charge in [0, 0.05) is 0 Å². The summed E-state index contributed by atoms with van der Waals surface area (Å²) in [5.41, 5.74) is 1.46. The first-order valence-corrected chi connectivity index (χ1v) is 13.3. The summed E-state index contributed by atoms with van der Waals surface area (Å²) in [6.45, 7) is 4.59. The van der Waals surface area contributed by atoms with E-state index in [1.165, 1.54) is 102 Å².